The highest BCUT2D eigenvalue weighted by Gasteiger charge is 2.58. The lowest BCUT2D eigenvalue weighted by Gasteiger charge is -2.57. The van der Waals surface area contributed by atoms with Crippen LogP contribution in [0.3, 0.4) is 0 Å². The number of fused-ring (bicyclic) bond motifs is 3. The first-order valence-corrected chi connectivity index (χ1v) is 13.0. The summed E-state index contributed by atoms with van der Waals surface area (Å²) in [6.07, 6.45) is 18.5. The van der Waals surface area contributed by atoms with Crippen LogP contribution in [0.5, 0.6) is 0 Å². The maximum Gasteiger partial charge on any atom is -0.00879 e. The number of allylic oxidation sites excluding steroid dienone is 2. The fourth-order valence-corrected chi connectivity index (χ4v) is 8.33. The van der Waals surface area contributed by atoms with Crippen LogP contribution in [0.1, 0.15) is 119 Å². The van der Waals surface area contributed by atoms with E-state index >= 15 is 0 Å². The molecular formula is C28H50. The quantitative estimate of drug-likeness (QED) is 0.365. The Morgan fingerprint density at radius 3 is 2.39 bits per heavy atom. The fraction of sp³-hybridized carbons (Fsp3) is 0.929. The molecule has 0 bridgehead atoms. The van der Waals surface area contributed by atoms with Crippen molar-refractivity contribution in [2.45, 2.75) is 119 Å². The van der Waals surface area contributed by atoms with Crippen LogP contribution in [-0.4, -0.2) is 0 Å². The molecule has 28 heavy (non-hydrogen) atoms. The van der Waals surface area contributed by atoms with Crippen LogP contribution < -0.4 is 0 Å². The molecule has 3 aliphatic rings. The molecule has 0 heteroatoms. The first-order chi connectivity index (χ1) is 13.3. The zero-order valence-electron chi connectivity index (χ0n) is 20.3. The van der Waals surface area contributed by atoms with E-state index in [4.69, 9.17) is 0 Å². The molecule has 0 saturated heterocycles. The molecule has 0 radical (unpaired) electrons. The molecule has 0 spiro atoms. The van der Waals surface area contributed by atoms with Crippen molar-refractivity contribution in [1.29, 1.82) is 0 Å². The van der Waals surface area contributed by atoms with Crippen molar-refractivity contribution in [2.24, 2.45) is 46.3 Å². The molecule has 0 aromatic heterocycles. The molecule has 7 unspecified atom stereocenters. The van der Waals surface area contributed by atoms with Crippen molar-refractivity contribution in [3.8, 4) is 0 Å². The zero-order valence-corrected chi connectivity index (χ0v) is 20.3. The highest BCUT2D eigenvalue weighted by molar-refractivity contribution is 5.22. The second-order valence-corrected chi connectivity index (χ2v) is 11.9. The van der Waals surface area contributed by atoms with Crippen LogP contribution in [0.15, 0.2) is 11.6 Å². The first-order valence-electron chi connectivity index (χ1n) is 13.0. The Morgan fingerprint density at radius 2 is 1.75 bits per heavy atom. The Labute approximate surface area is 177 Å². The van der Waals surface area contributed by atoms with Crippen LogP contribution in [0.2, 0.25) is 0 Å². The molecule has 3 rings (SSSR count). The van der Waals surface area contributed by atoms with Gasteiger partial charge >= 0.3 is 0 Å². The third kappa shape index (κ3) is 3.88. The summed E-state index contributed by atoms with van der Waals surface area (Å²) in [7, 11) is 0. The average molecular weight is 387 g/mol. The van der Waals surface area contributed by atoms with E-state index in [1.807, 2.05) is 5.57 Å². The average Bonchev–Trinajstić information content (AvgIpc) is 3.01. The van der Waals surface area contributed by atoms with Gasteiger partial charge in [-0.1, -0.05) is 85.8 Å². The molecule has 0 heterocycles. The van der Waals surface area contributed by atoms with Crippen molar-refractivity contribution < 1.29 is 0 Å². The minimum absolute atomic E-state index is 0.487. The second kappa shape index (κ2) is 8.85. The highest BCUT2D eigenvalue weighted by atomic mass is 14.6. The van der Waals surface area contributed by atoms with Gasteiger partial charge in [0.15, 0.2) is 0 Å². The van der Waals surface area contributed by atoms with Gasteiger partial charge in [-0.15, -0.1) is 0 Å². The van der Waals surface area contributed by atoms with Gasteiger partial charge in [0.2, 0.25) is 0 Å². The minimum atomic E-state index is 0.487. The lowest BCUT2D eigenvalue weighted by Crippen LogP contribution is -2.49. The number of hydrogen-bond acceptors (Lipinski definition) is 0. The summed E-state index contributed by atoms with van der Waals surface area (Å²) in [5.74, 6) is 5.70. The fourth-order valence-electron chi connectivity index (χ4n) is 8.33. The van der Waals surface area contributed by atoms with Gasteiger partial charge in [0.05, 0.1) is 0 Å². The minimum Gasteiger partial charge on any atom is -0.0845 e. The Bertz CT molecular complexity index is 542. The van der Waals surface area contributed by atoms with Gasteiger partial charge in [-0.25, -0.2) is 0 Å². The summed E-state index contributed by atoms with van der Waals surface area (Å²) >= 11 is 0. The Balaban J connectivity index is 1.75. The van der Waals surface area contributed by atoms with Crippen LogP contribution in [0.25, 0.3) is 0 Å². The molecule has 2 saturated carbocycles. The first kappa shape index (κ1) is 22.4. The maximum atomic E-state index is 2.72. The molecule has 7 atom stereocenters. The summed E-state index contributed by atoms with van der Waals surface area (Å²) in [4.78, 5) is 0. The molecule has 0 aliphatic heterocycles. The van der Waals surface area contributed by atoms with Gasteiger partial charge in [0, 0.05) is 0 Å². The molecule has 2 fully saturated rings. The van der Waals surface area contributed by atoms with Crippen LogP contribution in [0.4, 0.5) is 0 Å². The van der Waals surface area contributed by atoms with E-state index in [2.05, 4.69) is 54.5 Å². The smallest absolute Gasteiger partial charge is 0.00879 e. The molecule has 0 aromatic rings. The van der Waals surface area contributed by atoms with Crippen molar-refractivity contribution in [1.82, 2.24) is 0 Å². The van der Waals surface area contributed by atoms with Crippen molar-refractivity contribution in [3.05, 3.63) is 11.6 Å². The van der Waals surface area contributed by atoms with Crippen molar-refractivity contribution >= 4 is 0 Å². The Morgan fingerprint density at radius 1 is 1.00 bits per heavy atom. The molecule has 0 aromatic carbocycles. The van der Waals surface area contributed by atoms with E-state index in [-0.39, 0.29) is 0 Å². The monoisotopic (exact) mass is 386 g/mol. The van der Waals surface area contributed by atoms with Crippen LogP contribution >= 0.6 is 0 Å². The van der Waals surface area contributed by atoms with E-state index in [0.29, 0.717) is 10.8 Å². The van der Waals surface area contributed by atoms with Gasteiger partial charge < -0.3 is 0 Å². The summed E-state index contributed by atoms with van der Waals surface area (Å²) in [6, 6.07) is 0. The topological polar surface area (TPSA) is 0 Å². The third-order valence-electron chi connectivity index (χ3n) is 10.1. The summed E-state index contributed by atoms with van der Waals surface area (Å²) in [5.41, 5.74) is 2.93. The highest BCUT2D eigenvalue weighted by Crippen LogP contribution is 2.66. The van der Waals surface area contributed by atoms with E-state index in [1.165, 1.54) is 70.6 Å². The van der Waals surface area contributed by atoms with Crippen LogP contribution in [0, 0.1) is 46.3 Å². The van der Waals surface area contributed by atoms with Crippen molar-refractivity contribution in [2.75, 3.05) is 0 Å². The van der Waals surface area contributed by atoms with Gasteiger partial charge in [0.25, 0.3) is 0 Å². The Kier molecular flexibility index (Phi) is 7.09. The van der Waals surface area contributed by atoms with E-state index in [0.717, 1.165) is 35.5 Å². The molecule has 162 valence electrons. The van der Waals surface area contributed by atoms with Gasteiger partial charge in [-0.2, -0.15) is 0 Å². The molecule has 0 amide bonds. The predicted octanol–water partition coefficient (Wildman–Crippen LogP) is 9.05. The van der Waals surface area contributed by atoms with E-state index in [1.54, 1.807) is 0 Å². The maximum absolute atomic E-state index is 2.72. The SMILES string of the molecule is CCCC1=CCC2C(CCC3(C)C(C(C)CCCC(C)C)CCC23)C1(C)CC. The third-order valence-corrected chi connectivity index (χ3v) is 10.1. The lowest BCUT2D eigenvalue weighted by atomic mass is 9.48. The lowest BCUT2D eigenvalue weighted by molar-refractivity contribution is -0.0455. The van der Waals surface area contributed by atoms with Gasteiger partial charge in [-0.05, 0) is 91.3 Å². The standard InChI is InChI=1S/C28H50/c1-8-11-22-14-15-23-25-17-16-24(21(5)13-10-12-20(3)4)28(25,7)19-18-26(23)27(22,6)9-2/h14,20-21,23-26H,8-13,15-19H2,1-7H3. The largest absolute Gasteiger partial charge is 0.0845 e. The summed E-state index contributed by atoms with van der Waals surface area (Å²) < 4.78 is 0. The predicted molar refractivity (Wildman–Crippen MR) is 124 cm³/mol. The molecular weight excluding hydrogens is 336 g/mol. The van der Waals surface area contributed by atoms with Crippen molar-refractivity contribution in [3.63, 3.8) is 0 Å². The van der Waals surface area contributed by atoms with E-state index < -0.39 is 0 Å². The van der Waals surface area contributed by atoms with Gasteiger partial charge in [0.1, 0.15) is 0 Å². The van der Waals surface area contributed by atoms with E-state index in [9.17, 15) is 0 Å². The van der Waals surface area contributed by atoms with Crippen LogP contribution in [-0.2, 0) is 0 Å². The summed E-state index contributed by atoms with van der Waals surface area (Å²) in [5, 5.41) is 0. The molecule has 0 nitrogen and oxygen atoms in total. The normalized spacial score (nSPS) is 41.5. The number of hydrogen-bond donors (Lipinski definition) is 0. The molecule has 3 aliphatic carbocycles. The Hall–Kier alpha value is -0.260. The summed E-state index contributed by atoms with van der Waals surface area (Å²) in [6.45, 7) is 17.5. The second-order valence-electron chi connectivity index (χ2n) is 11.9. The number of rotatable bonds is 8. The zero-order chi connectivity index (χ0) is 20.5. The van der Waals surface area contributed by atoms with Gasteiger partial charge in [-0.3, -0.25) is 0 Å². The molecule has 0 N–H and O–H groups in total.